The van der Waals surface area contributed by atoms with Gasteiger partial charge in [-0.15, -0.1) is 11.3 Å². The van der Waals surface area contributed by atoms with E-state index in [0.29, 0.717) is 34.4 Å². The van der Waals surface area contributed by atoms with Crippen LogP contribution in [0.3, 0.4) is 0 Å². The van der Waals surface area contributed by atoms with Crippen molar-refractivity contribution in [3.8, 4) is 11.1 Å². The number of hydrogen-bond acceptors (Lipinski definition) is 4. The fourth-order valence-electron chi connectivity index (χ4n) is 5.24. The largest absolute Gasteiger partial charge is 0.349 e. The summed E-state index contributed by atoms with van der Waals surface area (Å²) in [6.45, 7) is 2.27. The number of carbonyl (C=O) groups is 2. The number of aromatic nitrogens is 2. The highest BCUT2D eigenvalue weighted by Gasteiger charge is 2.54. The Morgan fingerprint density at radius 2 is 2.03 bits per heavy atom. The van der Waals surface area contributed by atoms with E-state index in [2.05, 4.69) is 10.3 Å². The molecule has 8 heteroatoms. The first kappa shape index (κ1) is 21.4. The minimum absolute atomic E-state index is 0.0144. The maximum Gasteiger partial charge on any atom is 0.270 e. The van der Waals surface area contributed by atoms with Gasteiger partial charge in [0.25, 0.3) is 11.8 Å². The summed E-state index contributed by atoms with van der Waals surface area (Å²) in [6.07, 6.45) is 3.81. The summed E-state index contributed by atoms with van der Waals surface area (Å²) >= 11 is 7.72. The normalized spacial score (nSPS) is 21.0. The van der Waals surface area contributed by atoms with Gasteiger partial charge >= 0.3 is 0 Å². The van der Waals surface area contributed by atoms with E-state index < -0.39 is 0 Å². The summed E-state index contributed by atoms with van der Waals surface area (Å²) in [5, 5.41) is 5.63. The molecule has 2 amide bonds. The van der Waals surface area contributed by atoms with Crippen LogP contribution in [0.4, 0.5) is 0 Å². The van der Waals surface area contributed by atoms with Crippen LogP contribution in [0.2, 0.25) is 5.02 Å². The smallest absolute Gasteiger partial charge is 0.270 e. The van der Waals surface area contributed by atoms with Crippen LogP contribution in [0.25, 0.3) is 16.1 Å². The number of nitrogens with one attached hydrogen (secondary N) is 1. The van der Waals surface area contributed by atoms with E-state index in [0.717, 1.165) is 28.9 Å². The van der Waals surface area contributed by atoms with Gasteiger partial charge in [0, 0.05) is 34.7 Å². The average molecular weight is 491 g/mol. The van der Waals surface area contributed by atoms with E-state index in [1.165, 1.54) is 11.3 Å². The van der Waals surface area contributed by atoms with E-state index in [1.807, 2.05) is 76.3 Å². The Hall–Kier alpha value is -3.16. The average Bonchev–Trinajstić information content (AvgIpc) is 3.13. The van der Waals surface area contributed by atoms with Gasteiger partial charge in [-0.3, -0.25) is 14.0 Å². The molecule has 1 N–H and O–H groups in total. The Morgan fingerprint density at radius 1 is 1.18 bits per heavy atom. The fraction of sp³-hybridized carbons (Fsp3) is 0.269. The van der Waals surface area contributed by atoms with Gasteiger partial charge in [-0.25, -0.2) is 4.98 Å². The third-order valence-corrected chi connectivity index (χ3v) is 7.88. The molecular formula is C26H23ClN4O2S. The Morgan fingerprint density at radius 3 is 2.88 bits per heavy atom. The molecule has 4 aromatic rings. The Balaban J connectivity index is 1.24. The van der Waals surface area contributed by atoms with Crippen molar-refractivity contribution in [1.29, 1.82) is 0 Å². The molecule has 2 aliphatic rings. The zero-order valence-corrected chi connectivity index (χ0v) is 20.1. The summed E-state index contributed by atoms with van der Waals surface area (Å²) in [5.74, 6) is 0.376. The molecule has 34 heavy (non-hydrogen) atoms. The summed E-state index contributed by atoms with van der Waals surface area (Å²) in [5.41, 5.74) is 3.73. The first-order valence-electron chi connectivity index (χ1n) is 11.4. The number of amides is 2. The Labute approximate surface area is 206 Å². The van der Waals surface area contributed by atoms with Crippen LogP contribution in [0.1, 0.15) is 39.4 Å². The molecule has 0 spiro atoms. The number of halogens is 1. The molecule has 6 rings (SSSR count). The van der Waals surface area contributed by atoms with Crippen molar-refractivity contribution in [2.24, 2.45) is 5.92 Å². The second-order valence-corrected chi connectivity index (χ2v) is 10.3. The molecule has 1 saturated heterocycles. The third kappa shape index (κ3) is 3.60. The van der Waals surface area contributed by atoms with Gasteiger partial charge in [0.05, 0.1) is 11.7 Å². The lowest BCUT2D eigenvalue weighted by Crippen LogP contribution is -2.45. The Kier molecular flexibility index (Phi) is 5.19. The van der Waals surface area contributed by atoms with Crippen molar-refractivity contribution in [2.75, 3.05) is 6.54 Å². The van der Waals surface area contributed by atoms with Gasteiger partial charge in [-0.1, -0.05) is 41.9 Å². The van der Waals surface area contributed by atoms with Crippen LogP contribution < -0.4 is 5.32 Å². The van der Waals surface area contributed by atoms with Crippen molar-refractivity contribution < 1.29 is 9.59 Å². The van der Waals surface area contributed by atoms with Crippen molar-refractivity contribution >= 4 is 39.7 Å². The number of thiazole rings is 1. The highest BCUT2D eigenvalue weighted by molar-refractivity contribution is 7.15. The number of piperidine rings is 1. The molecule has 6 nitrogen and oxygen atoms in total. The number of hydrogen-bond donors (Lipinski definition) is 1. The summed E-state index contributed by atoms with van der Waals surface area (Å²) in [6, 6.07) is 15.5. The summed E-state index contributed by atoms with van der Waals surface area (Å²) < 4.78 is 1.83. The van der Waals surface area contributed by atoms with Gasteiger partial charge in [-0.05, 0) is 55.0 Å². The van der Waals surface area contributed by atoms with E-state index in [9.17, 15) is 9.59 Å². The number of carbonyl (C=O) groups excluding carboxylic acids is 2. The molecule has 3 atom stereocenters. The van der Waals surface area contributed by atoms with E-state index in [1.54, 1.807) is 0 Å². The van der Waals surface area contributed by atoms with Crippen LogP contribution in [0.5, 0.6) is 0 Å². The second kappa shape index (κ2) is 8.25. The minimum atomic E-state index is -0.157. The van der Waals surface area contributed by atoms with Crippen LogP contribution >= 0.6 is 22.9 Å². The van der Waals surface area contributed by atoms with Crippen molar-refractivity contribution in [3.05, 3.63) is 82.1 Å². The number of likely N-dealkylation sites (tertiary alicyclic amines) is 1. The van der Waals surface area contributed by atoms with Gasteiger partial charge in [0.1, 0.15) is 5.69 Å². The fourth-order valence-corrected chi connectivity index (χ4v) is 6.19. The van der Waals surface area contributed by atoms with E-state index >= 15 is 0 Å². The van der Waals surface area contributed by atoms with Gasteiger partial charge < -0.3 is 10.2 Å². The highest BCUT2D eigenvalue weighted by atomic mass is 35.5. The zero-order chi connectivity index (χ0) is 23.4. The number of aryl methyl sites for hydroxylation is 1. The van der Waals surface area contributed by atoms with Gasteiger partial charge in [-0.2, -0.15) is 0 Å². The van der Waals surface area contributed by atoms with Gasteiger partial charge in [0.15, 0.2) is 4.96 Å². The molecular weight excluding hydrogens is 468 g/mol. The summed E-state index contributed by atoms with van der Waals surface area (Å²) in [4.78, 5) is 34.1. The summed E-state index contributed by atoms with van der Waals surface area (Å²) in [7, 11) is 0. The molecule has 2 unspecified atom stereocenters. The lowest BCUT2D eigenvalue weighted by Gasteiger charge is -2.29. The molecule has 1 aliphatic carbocycles. The lowest BCUT2D eigenvalue weighted by atomic mass is 9.98. The number of imidazole rings is 1. The molecule has 2 aromatic heterocycles. The lowest BCUT2D eigenvalue weighted by molar-refractivity contribution is 0.0689. The maximum atomic E-state index is 13.8. The van der Waals surface area contributed by atoms with Crippen LogP contribution in [0.15, 0.2) is 60.1 Å². The molecule has 2 fully saturated rings. The van der Waals surface area contributed by atoms with Crippen molar-refractivity contribution in [3.63, 3.8) is 0 Å². The standard InChI is InChI=1S/C26H23ClN4O2S/c1-15-23(30-9-10-34-26(30)29-15)24(32)28-14-19-12-17-13-22(17)31(19)25(33)21-8-3-2-7-20(21)16-5-4-6-18(27)11-16/h2-11,17,19,22H,12-14H2,1H3,(H,28,32)/t17?,19-,22?/m0/s1. The predicted molar refractivity (Wildman–Crippen MR) is 133 cm³/mol. The molecule has 172 valence electrons. The number of rotatable bonds is 5. The molecule has 0 radical (unpaired) electrons. The SMILES string of the molecule is Cc1nc2sccn2c1C(=O)NC[C@@H]1CC2CC2N1C(=O)c1ccccc1-c1cccc(Cl)c1. The first-order chi connectivity index (χ1) is 16.5. The molecule has 3 heterocycles. The third-order valence-electron chi connectivity index (χ3n) is 6.89. The van der Waals surface area contributed by atoms with E-state index in [4.69, 9.17) is 11.6 Å². The van der Waals surface area contributed by atoms with E-state index in [-0.39, 0.29) is 23.9 Å². The maximum absolute atomic E-state index is 13.8. The van der Waals surface area contributed by atoms with Crippen molar-refractivity contribution in [1.82, 2.24) is 19.6 Å². The zero-order valence-electron chi connectivity index (χ0n) is 18.6. The predicted octanol–water partition coefficient (Wildman–Crippen LogP) is 5.06. The molecule has 2 aromatic carbocycles. The number of benzene rings is 2. The molecule has 0 bridgehead atoms. The topological polar surface area (TPSA) is 66.7 Å². The molecule has 1 saturated carbocycles. The quantitative estimate of drug-likeness (QED) is 0.425. The van der Waals surface area contributed by atoms with Crippen LogP contribution in [-0.2, 0) is 0 Å². The second-order valence-electron chi connectivity index (χ2n) is 9.03. The molecule has 1 aliphatic heterocycles. The number of fused-ring (bicyclic) bond motifs is 2. The van der Waals surface area contributed by atoms with Crippen LogP contribution in [0, 0.1) is 12.8 Å². The van der Waals surface area contributed by atoms with Gasteiger partial charge in [0.2, 0.25) is 0 Å². The minimum Gasteiger partial charge on any atom is -0.349 e. The van der Waals surface area contributed by atoms with Crippen LogP contribution in [-0.4, -0.2) is 44.7 Å². The highest BCUT2D eigenvalue weighted by Crippen LogP contribution is 2.48. The number of nitrogens with zero attached hydrogens (tertiary/aromatic N) is 3. The van der Waals surface area contributed by atoms with Crippen molar-refractivity contribution in [2.45, 2.75) is 31.8 Å². The monoisotopic (exact) mass is 490 g/mol. The Bertz CT molecular complexity index is 1430. The first-order valence-corrected chi connectivity index (χ1v) is 12.6.